The van der Waals surface area contributed by atoms with Crippen molar-refractivity contribution in [2.24, 2.45) is 5.92 Å². The van der Waals surface area contributed by atoms with Crippen molar-refractivity contribution in [3.63, 3.8) is 0 Å². The third kappa shape index (κ3) is 8.82. The Morgan fingerprint density at radius 3 is 1.79 bits per heavy atom. The van der Waals surface area contributed by atoms with Gasteiger partial charge in [0.1, 0.15) is 0 Å². The maximum absolute atomic E-state index is 10.5. The highest BCUT2D eigenvalue weighted by Gasteiger charge is 2.37. The molecule has 1 heterocycles. The second-order valence-corrected chi connectivity index (χ2v) is 7.49. The fraction of sp³-hybridized carbons (Fsp3) is 1.00. The number of unbranched alkanes of at least 4 members (excludes halogenated alkanes) is 8. The normalized spacial score (nSPS) is 27.5. The lowest BCUT2D eigenvalue weighted by Gasteiger charge is -2.40. The summed E-state index contributed by atoms with van der Waals surface area (Å²) in [6.45, 7) is 6.69. The molecule has 0 radical (unpaired) electrons. The molecule has 0 aliphatic carbocycles. The fourth-order valence-corrected chi connectivity index (χ4v) is 3.65. The van der Waals surface area contributed by atoms with Crippen molar-refractivity contribution in [2.75, 3.05) is 0 Å². The van der Waals surface area contributed by atoms with E-state index in [1.165, 1.54) is 57.8 Å². The lowest BCUT2D eigenvalue weighted by Crippen LogP contribution is -2.46. The molecule has 1 aliphatic rings. The van der Waals surface area contributed by atoms with Crippen LogP contribution in [0.5, 0.6) is 0 Å². The van der Waals surface area contributed by atoms with E-state index >= 15 is 0 Å². The molecule has 4 atom stereocenters. The van der Waals surface area contributed by atoms with Crippen LogP contribution in [0.3, 0.4) is 0 Å². The summed E-state index contributed by atoms with van der Waals surface area (Å²) in [5.41, 5.74) is 0. The third-order valence-electron chi connectivity index (χ3n) is 5.24. The van der Waals surface area contributed by atoms with Gasteiger partial charge in [-0.25, -0.2) is 0 Å². The molecule has 0 saturated carbocycles. The number of hydrogen-bond acceptors (Lipinski definition) is 3. The highest BCUT2D eigenvalue weighted by molar-refractivity contribution is 4.78. The lowest BCUT2D eigenvalue weighted by molar-refractivity contribution is -0.324. The predicted molar refractivity (Wildman–Crippen MR) is 101 cm³/mol. The molecule has 0 aromatic carbocycles. The first kappa shape index (κ1) is 21.9. The smallest absolute Gasteiger partial charge is 0.162 e. The minimum atomic E-state index is -0.636. The van der Waals surface area contributed by atoms with Crippen LogP contribution in [0.15, 0.2) is 0 Å². The summed E-state index contributed by atoms with van der Waals surface area (Å²) in [6.07, 6.45) is 15.9. The zero-order valence-electron chi connectivity index (χ0n) is 16.5. The maximum Gasteiger partial charge on any atom is 0.162 e. The summed E-state index contributed by atoms with van der Waals surface area (Å²) < 4.78 is 12.1. The van der Waals surface area contributed by atoms with E-state index in [-0.39, 0.29) is 18.3 Å². The quantitative estimate of drug-likeness (QED) is 0.383. The highest BCUT2D eigenvalue weighted by atomic mass is 16.7. The SMILES string of the molecule is CCCCCCC1OC(O)C(CCCCC)C(CCCCCC)O1. The van der Waals surface area contributed by atoms with E-state index in [4.69, 9.17) is 9.47 Å². The molecule has 144 valence electrons. The fourth-order valence-electron chi connectivity index (χ4n) is 3.65. The van der Waals surface area contributed by atoms with E-state index < -0.39 is 6.29 Å². The molecule has 1 saturated heterocycles. The van der Waals surface area contributed by atoms with Crippen LogP contribution >= 0.6 is 0 Å². The molecular formula is C21H42O3. The Bertz CT molecular complexity index is 282. The van der Waals surface area contributed by atoms with Crippen LogP contribution in [0.4, 0.5) is 0 Å². The van der Waals surface area contributed by atoms with Crippen LogP contribution in [0.1, 0.15) is 111 Å². The molecule has 1 aliphatic heterocycles. The largest absolute Gasteiger partial charge is 0.368 e. The van der Waals surface area contributed by atoms with Gasteiger partial charge in [0.2, 0.25) is 0 Å². The van der Waals surface area contributed by atoms with Gasteiger partial charge in [-0.2, -0.15) is 0 Å². The van der Waals surface area contributed by atoms with Crippen LogP contribution in [-0.4, -0.2) is 23.8 Å². The number of ether oxygens (including phenoxy) is 2. The van der Waals surface area contributed by atoms with Gasteiger partial charge in [-0.05, 0) is 25.7 Å². The second-order valence-electron chi connectivity index (χ2n) is 7.49. The highest BCUT2D eigenvalue weighted by Crippen LogP contribution is 2.32. The van der Waals surface area contributed by atoms with Crippen LogP contribution in [0, 0.1) is 5.92 Å². The summed E-state index contributed by atoms with van der Waals surface area (Å²) in [5.74, 6) is 0.157. The number of aliphatic hydroxyl groups excluding tert-OH is 1. The second kappa shape index (κ2) is 14.1. The van der Waals surface area contributed by atoms with Crippen LogP contribution in [0.25, 0.3) is 0 Å². The average Bonchev–Trinajstić information content (AvgIpc) is 2.58. The summed E-state index contributed by atoms with van der Waals surface area (Å²) in [5, 5.41) is 10.5. The van der Waals surface area contributed by atoms with Gasteiger partial charge in [0.15, 0.2) is 12.6 Å². The predicted octanol–water partition coefficient (Wildman–Crippen LogP) is 6.18. The minimum Gasteiger partial charge on any atom is -0.368 e. The Morgan fingerprint density at radius 2 is 1.17 bits per heavy atom. The Hall–Kier alpha value is -0.120. The first-order valence-electron chi connectivity index (χ1n) is 10.7. The van der Waals surface area contributed by atoms with E-state index in [1.807, 2.05) is 0 Å². The molecular weight excluding hydrogens is 300 g/mol. The van der Waals surface area contributed by atoms with Gasteiger partial charge >= 0.3 is 0 Å². The summed E-state index contributed by atoms with van der Waals surface area (Å²) in [4.78, 5) is 0. The molecule has 1 rings (SSSR count). The summed E-state index contributed by atoms with van der Waals surface area (Å²) >= 11 is 0. The molecule has 24 heavy (non-hydrogen) atoms. The van der Waals surface area contributed by atoms with Crippen molar-refractivity contribution in [3.8, 4) is 0 Å². The van der Waals surface area contributed by atoms with E-state index in [9.17, 15) is 5.11 Å². The zero-order chi connectivity index (χ0) is 17.6. The molecule has 4 unspecified atom stereocenters. The van der Waals surface area contributed by atoms with Crippen molar-refractivity contribution < 1.29 is 14.6 Å². The Morgan fingerprint density at radius 1 is 0.625 bits per heavy atom. The molecule has 0 spiro atoms. The molecule has 3 nitrogen and oxygen atoms in total. The van der Waals surface area contributed by atoms with Gasteiger partial charge in [0, 0.05) is 5.92 Å². The molecule has 0 amide bonds. The van der Waals surface area contributed by atoms with Crippen molar-refractivity contribution in [1.82, 2.24) is 0 Å². The first-order chi connectivity index (χ1) is 11.7. The van der Waals surface area contributed by atoms with Gasteiger partial charge in [-0.15, -0.1) is 0 Å². The van der Waals surface area contributed by atoms with Crippen LogP contribution < -0.4 is 0 Å². The topological polar surface area (TPSA) is 38.7 Å². The molecule has 0 aromatic rings. The van der Waals surface area contributed by atoms with Crippen molar-refractivity contribution in [1.29, 1.82) is 0 Å². The molecule has 3 heteroatoms. The molecule has 1 N–H and O–H groups in total. The standard InChI is InChI=1S/C21H42O3/c1-4-7-10-13-16-19-18(15-12-9-6-3)21(22)24-20(23-19)17-14-11-8-5-2/h18-22H,4-17H2,1-3H3. The van der Waals surface area contributed by atoms with E-state index in [0.29, 0.717) is 0 Å². The van der Waals surface area contributed by atoms with Gasteiger partial charge < -0.3 is 14.6 Å². The first-order valence-corrected chi connectivity index (χ1v) is 10.7. The van der Waals surface area contributed by atoms with Crippen LogP contribution in [-0.2, 0) is 9.47 Å². The van der Waals surface area contributed by atoms with E-state index in [1.54, 1.807) is 0 Å². The summed E-state index contributed by atoms with van der Waals surface area (Å²) in [6, 6.07) is 0. The summed E-state index contributed by atoms with van der Waals surface area (Å²) in [7, 11) is 0. The van der Waals surface area contributed by atoms with Gasteiger partial charge in [0.25, 0.3) is 0 Å². The Balaban J connectivity index is 2.46. The van der Waals surface area contributed by atoms with Crippen molar-refractivity contribution >= 4 is 0 Å². The van der Waals surface area contributed by atoms with Crippen molar-refractivity contribution in [2.45, 2.75) is 129 Å². The van der Waals surface area contributed by atoms with Crippen LogP contribution in [0.2, 0.25) is 0 Å². The average molecular weight is 343 g/mol. The van der Waals surface area contributed by atoms with E-state index in [2.05, 4.69) is 20.8 Å². The monoisotopic (exact) mass is 342 g/mol. The Labute approximate surface area is 150 Å². The third-order valence-corrected chi connectivity index (χ3v) is 5.24. The Kier molecular flexibility index (Phi) is 12.9. The molecule has 1 fully saturated rings. The molecule has 0 bridgehead atoms. The molecule has 0 aromatic heterocycles. The van der Waals surface area contributed by atoms with Gasteiger partial charge in [0.05, 0.1) is 6.10 Å². The van der Waals surface area contributed by atoms with Crippen molar-refractivity contribution in [3.05, 3.63) is 0 Å². The van der Waals surface area contributed by atoms with Gasteiger partial charge in [-0.3, -0.25) is 0 Å². The van der Waals surface area contributed by atoms with Gasteiger partial charge in [-0.1, -0.05) is 85.0 Å². The number of hydrogen-bond donors (Lipinski definition) is 1. The zero-order valence-corrected chi connectivity index (χ0v) is 16.5. The van der Waals surface area contributed by atoms with E-state index in [0.717, 1.165) is 32.1 Å². The lowest BCUT2D eigenvalue weighted by atomic mass is 9.90. The minimum absolute atomic E-state index is 0.157. The maximum atomic E-state index is 10.5. The number of rotatable bonds is 14. The number of aliphatic hydroxyl groups is 1.